The van der Waals surface area contributed by atoms with Crippen molar-refractivity contribution in [1.82, 2.24) is 4.90 Å². The third-order valence-electron chi connectivity index (χ3n) is 5.23. The van der Waals surface area contributed by atoms with Gasteiger partial charge in [0.1, 0.15) is 11.4 Å². The molecule has 1 aromatic heterocycles. The van der Waals surface area contributed by atoms with E-state index in [9.17, 15) is 36.9 Å². The highest BCUT2D eigenvalue weighted by molar-refractivity contribution is 5.92. The first-order valence-corrected chi connectivity index (χ1v) is 9.59. The monoisotopic (exact) mass is 467 g/mol. The number of furan rings is 1. The smallest absolute Gasteiger partial charge is 0.289 e. The van der Waals surface area contributed by atoms with Crippen LogP contribution in [0.1, 0.15) is 10.6 Å². The van der Waals surface area contributed by atoms with E-state index in [0.29, 0.717) is 5.56 Å². The maximum absolute atomic E-state index is 14.0. The van der Waals surface area contributed by atoms with Gasteiger partial charge in [-0.2, -0.15) is 0 Å². The first-order valence-electron chi connectivity index (χ1n) is 9.59. The lowest BCUT2D eigenvalue weighted by molar-refractivity contribution is -0.384. The number of hydrogen-bond acceptors (Lipinski definition) is 5. The second-order valence-corrected chi connectivity index (χ2v) is 7.17. The summed E-state index contributed by atoms with van der Waals surface area (Å²) in [5.74, 6) is -10.6. The first kappa shape index (κ1) is 22.2. The Morgan fingerprint density at radius 3 is 2.09 bits per heavy atom. The van der Waals surface area contributed by atoms with E-state index in [4.69, 9.17) is 4.42 Å². The van der Waals surface area contributed by atoms with Crippen LogP contribution in [0.2, 0.25) is 0 Å². The van der Waals surface area contributed by atoms with Crippen molar-refractivity contribution < 1.29 is 36.1 Å². The van der Waals surface area contributed by atoms with Crippen LogP contribution in [0, 0.1) is 39.2 Å². The number of nitro groups is 1. The molecule has 7 nitrogen and oxygen atoms in total. The number of rotatable bonds is 4. The van der Waals surface area contributed by atoms with Crippen LogP contribution in [0.4, 0.5) is 33.3 Å². The van der Waals surface area contributed by atoms with Gasteiger partial charge in [0.15, 0.2) is 29.0 Å². The van der Waals surface area contributed by atoms with Gasteiger partial charge in [-0.05, 0) is 12.1 Å². The summed E-state index contributed by atoms with van der Waals surface area (Å²) in [7, 11) is 0. The van der Waals surface area contributed by atoms with Crippen LogP contribution in [0.3, 0.4) is 0 Å². The van der Waals surface area contributed by atoms with Gasteiger partial charge in [-0.1, -0.05) is 12.1 Å². The molecule has 0 unspecified atom stereocenters. The Labute approximate surface area is 182 Å². The highest BCUT2D eigenvalue weighted by Crippen LogP contribution is 2.31. The van der Waals surface area contributed by atoms with Gasteiger partial charge in [0, 0.05) is 43.9 Å². The number of halogens is 5. The van der Waals surface area contributed by atoms with Crippen molar-refractivity contribution in [2.45, 2.75) is 0 Å². The van der Waals surface area contributed by atoms with Crippen molar-refractivity contribution in [3.8, 4) is 11.3 Å². The van der Waals surface area contributed by atoms with Crippen LogP contribution in [0.5, 0.6) is 0 Å². The molecule has 0 aliphatic carbocycles. The van der Waals surface area contributed by atoms with Crippen molar-refractivity contribution in [2.75, 3.05) is 31.1 Å². The van der Waals surface area contributed by atoms with Gasteiger partial charge in [0.25, 0.3) is 11.6 Å². The molecule has 2 heterocycles. The molecule has 1 saturated heterocycles. The predicted molar refractivity (Wildman–Crippen MR) is 105 cm³/mol. The van der Waals surface area contributed by atoms with Gasteiger partial charge in [0.05, 0.1) is 4.92 Å². The molecule has 2 aromatic carbocycles. The average Bonchev–Trinajstić information content (AvgIpc) is 3.32. The fourth-order valence-corrected chi connectivity index (χ4v) is 3.54. The second kappa shape index (κ2) is 8.52. The standard InChI is InChI=1S/C21H14F5N3O4/c22-15-16(23)18(25)20(19(26)17(15)24)27-6-8-28(9-7-27)21(30)14-5-4-13(33-14)11-2-1-3-12(10-11)29(31)32/h1-5,10H,6-9H2. The number of benzene rings is 2. The maximum atomic E-state index is 14.0. The van der Waals surface area contributed by atoms with E-state index in [1.54, 1.807) is 6.07 Å². The van der Waals surface area contributed by atoms with Crippen molar-refractivity contribution in [1.29, 1.82) is 0 Å². The van der Waals surface area contributed by atoms with Crippen LogP contribution in [-0.4, -0.2) is 41.9 Å². The molecule has 1 aliphatic rings. The lowest BCUT2D eigenvalue weighted by atomic mass is 10.1. The van der Waals surface area contributed by atoms with Crippen LogP contribution >= 0.6 is 0 Å². The molecule has 1 aliphatic heterocycles. The van der Waals surface area contributed by atoms with E-state index in [0.717, 1.165) is 4.90 Å². The molecule has 0 saturated carbocycles. The van der Waals surface area contributed by atoms with Crippen LogP contribution in [0.25, 0.3) is 11.3 Å². The number of carbonyl (C=O) groups excluding carboxylic acids is 1. The molecule has 33 heavy (non-hydrogen) atoms. The van der Waals surface area contributed by atoms with Crippen LogP contribution < -0.4 is 4.90 Å². The molecule has 0 spiro atoms. The number of non-ortho nitro benzene ring substituents is 1. The predicted octanol–water partition coefficient (Wildman–Crippen LogP) is 4.51. The van der Waals surface area contributed by atoms with Crippen molar-refractivity contribution in [3.05, 3.63) is 81.4 Å². The molecule has 0 radical (unpaired) electrons. The second-order valence-electron chi connectivity index (χ2n) is 7.17. The van der Waals surface area contributed by atoms with Gasteiger partial charge >= 0.3 is 0 Å². The molecule has 4 rings (SSSR count). The number of anilines is 1. The molecule has 0 N–H and O–H groups in total. The first-order chi connectivity index (χ1) is 15.7. The fraction of sp³-hybridized carbons (Fsp3) is 0.190. The summed E-state index contributed by atoms with van der Waals surface area (Å²) in [5, 5.41) is 10.9. The Morgan fingerprint density at radius 2 is 1.48 bits per heavy atom. The SMILES string of the molecule is O=C(c1ccc(-c2cccc([N+](=O)[O-])c2)o1)N1CCN(c2c(F)c(F)c(F)c(F)c2F)CC1. The molecule has 172 valence electrons. The molecule has 1 fully saturated rings. The zero-order valence-electron chi connectivity index (χ0n) is 16.7. The minimum Gasteiger partial charge on any atom is -0.451 e. The normalized spacial score (nSPS) is 14.0. The van der Waals surface area contributed by atoms with Crippen molar-refractivity contribution >= 4 is 17.3 Å². The summed E-state index contributed by atoms with van der Waals surface area (Å²) in [6.45, 7) is -0.485. The molecule has 0 atom stereocenters. The van der Waals surface area contributed by atoms with Crippen LogP contribution in [0.15, 0.2) is 40.8 Å². The number of amides is 1. The summed E-state index contributed by atoms with van der Waals surface area (Å²) in [4.78, 5) is 25.4. The Hall–Kier alpha value is -3.96. The maximum Gasteiger partial charge on any atom is 0.289 e. The fourth-order valence-electron chi connectivity index (χ4n) is 3.54. The van der Waals surface area contributed by atoms with E-state index in [1.807, 2.05) is 0 Å². The third kappa shape index (κ3) is 3.99. The largest absolute Gasteiger partial charge is 0.451 e. The van der Waals surface area contributed by atoms with E-state index >= 15 is 0 Å². The number of piperazine rings is 1. The molecule has 0 bridgehead atoms. The number of carbonyl (C=O) groups is 1. The topological polar surface area (TPSA) is 79.8 Å². The van der Waals surface area contributed by atoms with Gasteiger partial charge in [-0.15, -0.1) is 0 Å². The van der Waals surface area contributed by atoms with Gasteiger partial charge < -0.3 is 14.2 Å². The number of hydrogen-bond donors (Lipinski definition) is 0. The average molecular weight is 467 g/mol. The Balaban J connectivity index is 1.48. The summed E-state index contributed by atoms with van der Waals surface area (Å²) >= 11 is 0. The lowest BCUT2D eigenvalue weighted by Crippen LogP contribution is -2.49. The third-order valence-corrected chi connectivity index (χ3v) is 5.23. The Bertz CT molecular complexity index is 1230. The van der Waals surface area contributed by atoms with Crippen LogP contribution in [-0.2, 0) is 0 Å². The summed E-state index contributed by atoms with van der Waals surface area (Å²) in [6, 6.07) is 8.49. The van der Waals surface area contributed by atoms with E-state index in [1.165, 1.54) is 35.2 Å². The molecular weight excluding hydrogens is 453 g/mol. The molecule has 1 amide bonds. The molecular formula is C21H14F5N3O4. The number of nitrogens with zero attached hydrogens (tertiary/aromatic N) is 3. The van der Waals surface area contributed by atoms with Gasteiger partial charge in [0.2, 0.25) is 5.82 Å². The summed E-state index contributed by atoms with van der Waals surface area (Å²) in [5.41, 5.74) is -0.801. The van der Waals surface area contributed by atoms with E-state index in [-0.39, 0.29) is 43.4 Å². The Kier molecular flexibility index (Phi) is 5.75. The van der Waals surface area contributed by atoms with Gasteiger partial charge in [-0.25, -0.2) is 22.0 Å². The quantitative estimate of drug-likeness (QED) is 0.185. The molecule has 12 heteroatoms. The summed E-state index contributed by atoms with van der Waals surface area (Å²) < 4.78 is 73.9. The number of nitro benzene ring substituents is 1. The highest BCUT2D eigenvalue weighted by atomic mass is 19.2. The van der Waals surface area contributed by atoms with Gasteiger partial charge in [-0.3, -0.25) is 14.9 Å². The lowest BCUT2D eigenvalue weighted by Gasteiger charge is -2.36. The highest BCUT2D eigenvalue weighted by Gasteiger charge is 2.32. The Morgan fingerprint density at radius 1 is 0.879 bits per heavy atom. The van der Waals surface area contributed by atoms with E-state index < -0.39 is 45.6 Å². The van der Waals surface area contributed by atoms with E-state index in [2.05, 4.69) is 0 Å². The minimum absolute atomic E-state index is 0.0643. The van der Waals surface area contributed by atoms with Crippen molar-refractivity contribution in [3.63, 3.8) is 0 Å². The zero-order valence-corrected chi connectivity index (χ0v) is 16.7. The summed E-state index contributed by atoms with van der Waals surface area (Å²) in [6.07, 6.45) is 0. The molecule has 3 aromatic rings. The minimum atomic E-state index is -2.24. The van der Waals surface area contributed by atoms with Crippen molar-refractivity contribution in [2.24, 2.45) is 0 Å². The zero-order chi connectivity index (χ0) is 23.9.